The van der Waals surface area contributed by atoms with Gasteiger partial charge in [0.05, 0.1) is 12.7 Å². The topological polar surface area (TPSA) is 76.0 Å². The second kappa shape index (κ2) is 6.02. The lowest BCUT2D eigenvalue weighted by molar-refractivity contribution is 0.260. The van der Waals surface area contributed by atoms with Crippen LogP contribution < -0.4 is 10.0 Å². The highest BCUT2D eigenvalue weighted by Gasteiger charge is 2.28. The Morgan fingerprint density at radius 1 is 1.53 bits per heavy atom. The number of sulfonamides is 1. The molecule has 2 rings (SSSR count). The van der Waals surface area contributed by atoms with Crippen LogP contribution in [0.4, 0.5) is 0 Å². The van der Waals surface area contributed by atoms with Gasteiger partial charge in [0.2, 0.25) is 10.0 Å². The summed E-state index contributed by atoms with van der Waals surface area (Å²) in [5, 5.41) is 7.06. The van der Waals surface area contributed by atoms with Gasteiger partial charge >= 0.3 is 0 Å². The molecule has 6 nitrogen and oxygen atoms in total. The minimum absolute atomic E-state index is 0.000548. The van der Waals surface area contributed by atoms with Crippen molar-refractivity contribution in [3.63, 3.8) is 0 Å². The van der Waals surface area contributed by atoms with E-state index in [1.807, 2.05) is 14.0 Å². The average molecular weight is 286 g/mol. The smallest absolute Gasteiger partial charge is 0.243 e. The van der Waals surface area contributed by atoms with Gasteiger partial charge in [-0.2, -0.15) is 5.10 Å². The van der Waals surface area contributed by atoms with E-state index in [4.69, 9.17) is 0 Å². The zero-order chi connectivity index (χ0) is 13.9. The lowest BCUT2D eigenvalue weighted by Crippen LogP contribution is -2.40. The van der Waals surface area contributed by atoms with Crippen LogP contribution in [-0.4, -0.2) is 37.8 Å². The van der Waals surface area contributed by atoms with E-state index in [2.05, 4.69) is 15.1 Å². The molecule has 1 fully saturated rings. The molecule has 1 aromatic rings. The Labute approximate surface area is 114 Å². The summed E-state index contributed by atoms with van der Waals surface area (Å²) in [6, 6.07) is -0.000548. The molecule has 19 heavy (non-hydrogen) atoms. The Kier molecular flexibility index (Phi) is 4.59. The first-order valence-corrected chi connectivity index (χ1v) is 8.20. The number of hydrogen-bond acceptors (Lipinski definition) is 4. The van der Waals surface area contributed by atoms with Crippen molar-refractivity contribution in [2.45, 2.75) is 43.7 Å². The Morgan fingerprint density at radius 2 is 2.26 bits per heavy atom. The number of hydrogen-bond donors (Lipinski definition) is 2. The van der Waals surface area contributed by atoms with E-state index < -0.39 is 10.0 Å². The highest BCUT2D eigenvalue weighted by Crippen LogP contribution is 2.30. The molecular weight excluding hydrogens is 264 g/mol. The normalized spacial score (nSPS) is 18.2. The third kappa shape index (κ3) is 3.55. The van der Waals surface area contributed by atoms with Crippen LogP contribution in [0.3, 0.4) is 0 Å². The standard InChI is InChI=1S/C12H22N4O2S/c1-10(11-4-3-5-11)15-19(17,18)12-8-14-16(9-12)7-6-13-2/h8-11,13,15H,3-7H2,1-2H3. The van der Waals surface area contributed by atoms with Gasteiger partial charge in [-0.1, -0.05) is 6.42 Å². The fraction of sp³-hybridized carbons (Fsp3) is 0.750. The Morgan fingerprint density at radius 3 is 2.84 bits per heavy atom. The van der Waals surface area contributed by atoms with Crippen LogP contribution in [0.2, 0.25) is 0 Å². The summed E-state index contributed by atoms with van der Waals surface area (Å²) < 4.78 is 28.8. The first-order valence-electron chi connectivity index (χ1n) is 6.72. The molecule has 0 amide bonds. The van der Waals surface area contributed by atoms with E-state index in [1.165, 1.54) is 12.6 Å². The molecular formula is C12H22N4O2S. The quantitative estimate of drug-likeness (QED) is 0.768. The second-order valence-corrected chi connectivity index (χ2v) is 6.86. The summed E-state index contributed by atoms with van der Waals surface area (Å²) in [6.07, 6.45) is 6.42. The molecule has 0 aromatic carbocycles. The maximum absolute atomic E-state index is 12.2. The van der Waals surface area contributed by atoms with Crippen molar-refractivity contribution in [3.8, 4) is 0 Å². The van der Waals surface area contributed by atoms with Gasteiger partial charge in [0, 0.05) is 18.8 Å². The van der Waals surface area contributed by atoms with Crippen LogP contribution in [0.1, 0.15) is 26.2 Å². The monoisotopic (exact) mass is 286 g/mol. The van der Waals surface area contributed by atoms with E-state index in [0.29, 0.717) is 12.5 Å². The average Bonchev–Trinajstić information content (AvgIpc) is 2.72. The van der Waals surface area contributed by atoms with Crippen LogP contribution in [0.5, 0.6) is 0 Å². The van der Waals surface area contributed by atoms with Crippen LogP contribution in [0, 0.1) is 5.92 Å². The van der Waals surface area contributed by atoms with E-state index in [1.54, 1.807) is 10.9 Å². The van der Waals surface area contributed by atoms with Gasteiger partial charge < -0.3 is 5.32 Å². The number of aromatic nitrogens is 2. The van der Waals surface area contributed by atoms with E-state index >= 15 is 0 Å². The third-order valence-corrected chi connectivity index (χ3v) is 5.22. The summed E-state index contributed by atoms with van der Waals surface area (Å²) in [5.74, 6) is 0.481. The van der Waals surface area contributed by atoms with Gasteiger partial charge in [-0.15, -0.1) is 0 Å². The molecule has 1 atom stereocenters. The van der Waals surface area contributed by atoms with Crippen molar-refractivity contribution in [2.75, 3.05) is 13.6 Å². The van der Waals surface area contributed by atoms with Crippen LogP contribution >= 0.6 is 0 Å². The number of rotatable bonds is 7. The highest BCUT2D eigenvalue weighted by atomic mass is 32.2. The Balaban J connectivity index is 1.99. The lowest BCUT2D eigenvalue weighted by Gasteiger charge is -2.31. The van der Waals surface area contributed by atoms with Crippen molar-refractivity contribution in [3.05, 3.63) is 12.4 Å². The molecule has 2 N–H and O–H groups in total. The van der Waals surface area contributed by atoms with Crippen LogP contribution in [0.15, 0.2) is 17.3 Å². The molecule has 1 unspecified atom stereocenters. The van der Waals surface area contributed by atoms with Crippen molar-refractivity contribution < 1.29 is 8.42 Å². The summed E-state index contributed by atoms with van der Waals surface area (Å²) in [7, 11) is -1.59. The molecule has 0 aliphatic heterocycles. The molecule has 0 spiro atoms. The van der Waals surface area contributed by atoms with E-state index in [9.17, 15) is 8.42 Å². The molecule has 0 radical (unpaired) electrons. The van der Waals surface area contributed by atoms with Crippen LogP contribution in [0.25, 0.3) is 0 Å². The summed E-state index contributed by atoms with van der Waals surface area (Å²) in [6.45, 7) is 3.35. The van der Waals surface area contributed by atoms with Crippen molar-refractivity contribution in [2.24, 2.45) is 5.92 Å². The first kappa shape index (κ1) is 14.5. The van der Waals surface area contributed by atoms with Gasteiger partial charge in [-0.25, -0.2) is 13.1 Å². The molecule has 0 bridgehead atoms. The van der Waals surface area contributed by atoms with Crippen LogP contribution in [-0.2, 0) is 16.6 Å². The fourth-order valence-electron chi connectivity index (χ4n) is 2.18. The molecule has 1 aliphatic carbocycles. The number of nitrogens with zero attached hydrogens (tertiary/aromatic N) is 2. The van der Waals surface area contributed by atoms with E-state index in [0.717, 1.165) is 19.4 Å². The largest absolute Gasteiger partial charge is 0.318 e. The van der Waals surface area contributed by atoms with Crippen molar-refractivity contribution in [1.82, 2.24) is 19.8 Å². The maximum atomic E-state index is 12.2. The minimum Gasteiger partial charge on any atom is -0.318 e. The molecule has 108 valence electrons. The van der Waals surface area contributed by atoms with Crippen molar-refractivity contribution in [1.29, 1.82) is 0 Å². The summed E-state index contributed by atoms with van der Waals surface area (Å²) >= 11 is 0. The van der Waals surface area contributed by atoms with Gasteiger partial charge in [0.1, 0.15) is 4.90 Å². The van der Waals surface area contributed by atoms with Gasteiger partial charge in [-0.3, -0.25) is 4.68 Å². The second-order valence-electron chi connectivity index (χ2n) is 5.14. The summed E-state index contributed by atoms with van der Waals surface area (Å²) in [5.41, 5.74) is 0. The van der Waals surface area contributed by atoms with Gasteiger partial charge in [-0.05, 0) is 32.7 Å². The minimum atomic E-state index is -3.44. The first-order chi connectivity index (χ1) is 9.03. The van der Waals surface area contributed by atoms with Gasteiger partial charge in [0.25, 0.3) is 0 Å². The predicted molar refractivity (Wildman–Crippen MR) is 73.3 cm³/mol. The summed E-state index contributed by atoms with van der Waals surface area (Å²) in [4.78, 5) is 0.245. The molecule has 1 saturated carbocycles. The molecule has 1 heterocycles. The zero-order valence-electron chi connectivity index (χ0n) is 11.5. The van der Waals surface area contributed by atoms with E-state index in [-0.39, 0.29) is 10.9 Å². The van der Waals surface area contributed by atoms with Gasteiger partial charge in [0.15, 0.2) is 0 Å². The fourth-order valence-corrected chi connectivity index (χ4v) is 3.45. The Hall–Kier alpha value is -0.920. The maximum Gasteiger partial charge on any atom is 0.243 e. The third-order valence-electron chi connectivity index (χ3n) is 3.71. The lowest BCUT2D eigenvalue weighted by atomic mass is 9.81. The number of nitrogens with one attached hydrogen (secondary N) is 2. The molecule has 0 saturated heterocycles. The number of likely N-dealkylation sites (N-methyl/N-ethyl adjacent to an activating group) is 1. The molecule has 1 aromatic heterocycles. The highest BCUT2D eigenvalue weighted by molar-refractivity contribution is 7.89. The predicted octanol–water partition coefficient (Wildman–Crippen LogP) is 0.569. The zero-order valence-corrected chi connectivity index (χ0v) is 12.3. The molecule has 7 heteroatoms. The SMILES string of the molecule is CNCCn1cc(S(=O)(=O)NC(C)C2CCC2)cn1. The van der Waals surface area contributed by atoms with Crippen molar-refractivity contribution >= 4 is 10.0 Å². The molecule has 1 aliphatic rings. The Bertz CT molecular complexity index is 508.